The zero-order valence-electron chi connectivity index (χ0n) is 11.3. The van der Waals surface area contributed by atoms with Crippen LogP contribution >= 0.6 is 11.8 Å². The van der Waals surface area contributed by atoms with Gasteiger partial charge in [0.15, 0.2) is 0 Å². The Morgan fingerprint density at radius 2 is 1.89 bits per heavy atom. The average Bonchev–Trinajstić information content (AvgIpc) is 2.48. The lowest BCUT2D eigenvalue weighted by Gasteiger charge is -2.28. The Labute approximate surface area is 119 Å². The molecule has 1 aromatic carbocycles. The van der Waals surface area contributed by atoms with Gasteiger partial charge in [-0.1, -0.05) is 30.3 Å². The van der Waals surface area contributed by atoms with Crippen molar-refractivity contribution >= 4 is 17.7 Å². The molecule has 1 amide bonds. The average molecular weight is 278 g/mol. The van der Waals surface area contributed by atoms with Crippen LogP contribution in [0.2, 0.25) is 0 Å². The van der Waals surface area contributed by atoms with E-state index in [2.05, 4.69) is 11.6 Å². The maximum absolute atomic E-state index is 12.1. The zero-order chi connectivity index (χ0) is 13.7. The number of nitrogens with two attached hydrogens (primary N) is 1. The molecule has 1 atom stereocenters. The van der Waals surface area contributed by atoms with Crippen LogP contribution in [0.25, 0.3) is 0 Å². The molecule has 4 heteroatoms. The molecule has 1 saturated carbocycles. The van der Waals surface area contributed by atoms with Crippen molar-refractivity contribution in [1.29, 1.82) is 0 Å². The molecule has 1 aromatic rings. The zero-order valence-corrected chi connectivity index (χ0v) is 12.2. The summed E-state index contributed by atoms with van der Waals surface area (Å²) in [7, 11) is 0. The summed E-state index contributed by atoms with van der Waals surface area (Å²) >= 11 is 1.93. The van der Waals surface area contributed by atoms with E-state index in [9.17, 15) is 4.79 Å². The Balaban J connectivity index is 1.85. The molecule has 2 rings (SSSR count). The van der Waals surface area contributed by atoms with Crippen LogP contribution in [0.5, 0.6) is 0 Å². The molecule has 19 heavy (non-hydrogen) atoms. The number of nitrogens with one attached hydrogen (secondary N) is 1. The van der Waals surface area contributed by atoms with Gasteiger partial charge in [0.2, 0.25) is 5.91 Å². The molecule has 0 aliphatic heterocycles. The predicted octanol–water partition coefficient (Wildman–Crippen LogP) is 2.48. The molecule has 0 spiro atoms. The summed E-state index contributed by atoms with van der Waals surface area (Å²) in [4.78, 5) is 12.1. The van der Waals surface area contributed by atoms with Gasteiger partial charge in [-0.3, -0.25) is 4.79 Å². The van der Waals surface area contributed by atoms with Gasteiger partial charge >= 0.3 is 0 Å². The van der Waals surface area contributed by atoms with E-state index in [0.29, 0.717) is 6.04 Å². The third-order valence-corrected chi connectivity index (χ3v) is 4.93. The number of carbonyl (C=O) groups is 1. The van der Waals surface area contributed by atoms with Gasteiger partial charge in [-0.2, -0.15) is 11.8 Å². The van der Waals surface area contributed by atoms with Crippen molar-refractivity contribution in [2.24, 2.45) is 5.73 Å². The van der Waals surface area contributed by atoms with Crippen molar-refractivity contribution in [3.05, 3.63) is 35.9 Å². The van der Waals surface area contributed by atoms with Crippen LogP contribution in [-0.4, -0.2) is 23.5 Å². The van der Waals surface area contributed by atoms with Crippen molar-refractivity contribution in [2.45, 2.75) is 43.0 Å². The number of thioether (sulfide) groups is 1. The highest BCUT2D eigenvalue weighted by molar-refractivity contribution is 7.99. The third kappa shape index (κ3) is 3.98. The highest BCUT2D eigenvalue weighted by Crippen LogP contribution is 2.27. The number of hydrogen-bond acceptors (Lipinski definition) is 3. The van der Waals surface area contributed by atoms with E-state index in [0.717, 1.165) is 23.7 Å². The van der Waals surface area contributed by atoms with E-state index in [1.807, 2.05) is 42.1 Å². The van der Waals surface area contributed by atoms with Gasteiger partial charge < -0.3 is 11.1 Å². The van der Waals surface area contributed by atoms with Crippen molar-refractivity contribution in [2.75, 3.05) is 6.26 Å². The van der Waals surface area contributed by atoms with Crippen LogP contribution in [0.15, 0.2) is 30.3 Å². The van der Waals surface area contributed by atoms with Gasteiger partial charge in [-0.05, 0) is 37.5 Å². The minimum Gasteiger partial charge on any atom is -0.352 e. The van der Waals surface area contributed by atoms with E-state index in [1.54, 1.807) is 0 Å². The summed E-state index contributed by atoms with van der Waals surface area (Å²) in [5.74, 6) is -0.0567. The molecule has 1 aliphatic carbocycles. The lowest BCUT2D eigenvalue weighted by Crippen LogP contribution is -2.42. The number of amides is 1. The fraction of sp³-hybridized carbons (Fsp3) is 0.533. The normalized spacial score (nSPS) is 24.7. The highest BCUT2D eigenvalue weighted by atomic mass is 32.2. The van der Waals surface area contributed by atoms with Crippen molar-refractivity contribution < 1.29 is 4.79 Å². The third-order valence-electron chi connectivity index (χ3n) is 3.80. The van der Waals surface area contributed by atoms with Crippen LogP contribution in [0.4, 0.5) is 0 Å². The molecule has 3 nitrogen and oxygen atoms in total. The first-order valence-electron chi connectivity index (χ1n) is 6.84. The second-order valence-electron chi connectivity index (χ2n) is 5.11. The van der Waals surface area contributed by atoms with Gasteiger partial charge in [0.05, 0.1) is 0 Å². The van der Waals surface area contributed by atoms with Gasteiger partial charge in [-0.25, -0.2) is 0 Å². The molecule has 1 fully saturated rings. The van der Waals surface area contributed by atoms with Gasteiger partial charge in [-0.15, -0.1) is 0 Å². The maximum atomic E-state index is 12.1. The number of carbonyl (C=O) groups excluding carboxylic acids is 1. The van der Waals surface area contributed by atoms with Crippen LogP contribution in [0, 0.1) is 0 Å². The Bertz CT molecular complexity index is 402. The van der Waals surface area contributed by atoms with Crippen LogP contribution in [0.1, 0.15) is 37.3 Å². The second-order valence-corrected chi connectivity index (χ2v) is 6.24. The smallest absolute Gasteiger partial charge is 0.241 e. The largest absolute Gasteiger partial charge is 0.352 e. The first kappa shape index (κ1) is 14.4. The monoisotopic (exact) mass is 278 g/mol. The maximum Gasteiger partial charge on any atom is 0.241 e. The molecule has 0 radical (unpaired) electrons. The fourth-order valence-corrected chi connectivity index (χ4v) is 3.29. The van der Waals surface area contributed by atoms with Crippen molar-refractivity contribution in [1.82, 2.24) is 5.32 Å². The molecule has 3 N–H and O–H groups in total. The van der Waals surface area contributed by atoms with E-state index >= 15 is 0 Å². The molecule has 1 unspecified atom stereocenters. The summed E-state index contributed by atoms with van der Waals surface area (Å²) in [6, 6.07) is 9.28. The van der Waals surface area contributed by atoms with Crippen molar-refractivity contribution in [3.63, 3.8) is 0 Å². The number of rotatable bonds is 4. The van der Waals surface area contributed by atoms with Gasteiger partial charge in [0, 0.05) is 11.3 Å². The highest BCUT2D eigenvalue weighted by Gasteiger charge is 2.24. The molecule has 1 aliphatic rings. The Kier molecular flexibility index (Phi) is 5.28. The number of benzene rings is 1. The lowest BCUT2D eigenvalue weighted by molar-refractivity contribution is -0.123. The van der Waals surface area contributed by atoms with Crippen molar-refractivity contribution in [3.8, 4) is 0 Å². The van der Waals surface area contributed by atoms with E-state index < -0.39 is 6.04 Å². The minimum absolute atomic E-state index is 0.0567. The molecule has 104 valence electrons. The summed E-state index contributed by atoms with van der Waals surface area (Å²) in [5, 5.41) is 3.85. The Hall–Kier alpha value is -1.00. The van der Waals surface area contributed by atoms with Crippen LogP contribution in [0.3, 0.4) is 0 Å². The first-order chi connectivity index (χ1) is 9.20. The molecule has 0 saturated heterocycles. The van der Waals surface area contributed by atoms with E-state index in [-0.39, 0.29) is 5.91 Å². The lowest BCUT2D eigenvalue weighted by atomic mass is 9.94. The molecule has 0 heterocycles. The standard InChI is InChI=1S/C15H22N2OS/c1-19-13-9-7-12(8-10-13)17-15(18)14(16)11-5-3-2-4-6-11/h2-6,12-14H,7-10,16H2,1H3,(H,17,18). The van der Waals surface area contributed by atoms with E-state index in [1.165, 1.54) is 12.8 Å². The predicted molar refractivity (Wildman–Crippen MR) is 81.1 cm³/mol. The summed E-state index contributed by atoms with van der Waals surface area (Å²) in [6.45, 7) is 0. The van der Waals surface area contributed by atoms with Gasteiger partial charge in [0.1, 0.15) is 6.04 Å². The Morgan fingerprint density at radius 1 is 1.26 bits per heavy atom. The Morgan fingerprint density at radius 3 is 2.47 bits per heavy atom. The molecule has 0 aromatic heterocycles. The SMILES string of the molecule is CSC1CCC(NC(=O)C(N)c2ccccc2)CC1. The topological polar surface area (TPSA) is 55.1 Å². The second kappa shape index (κ2) is 6.96. The van der Waals surface area contributed by atoms with Gasteiger partial charge in [0.25, 0.3) is 0 Å². The molecule has 0 bridgehead atoms. The number of hydrogen-bond donors (Lipinski definition) is 2. The fourth-order valence-electron chi connectivity index (χ4n) is 2.55. The summed E-state index contributed by atoms with van der Waals surface area (Å²) < 4.78 is 0. The van der Waals surface area contributed by atoms with Crippen LogP contribution < -0.4 is 11.1 Å². The summed E-state index contributed by atoms with van der Waals surface area (Å²) in [6.07, 6.45) is 6.67. The molecular formula is C15H22N2OS. The quantitative estimate of drug-likeness (QED) is 0.889. The van der Waals surface area contributed by atoms with Crippen LogP contribution in [-0.2, 0) is 4.79 Å². The van der Waals surface area contributed by atoms with E-state index in [4.69, 9.17) is 5.73 Å². The minimum atomic E-state index is -0.556. The summed E-state index contributed by atoms with van der Waals surface area (Å²) in [5.41, 5.74) is 6.87. The first-order valence-corrected chi connectivity index (χ1v) is 8.13. The molecular weight excluding hydrogens is 256 g/mol.